The van der Waals surface area contributed by atoms with E-state index in [-0.39, 0.29) is 17.6 Å². The van der Waals surface area contributed by atoms with E-state index in [1.807, 2.05) is 42.5 Å². The van der Waals surface area contributed by atoms with Gasteiger partial charge in [0, 0.05) is 54.8 Å². The number of aromatic amines is 1. The smallest absolute Gasteiger partial charge is 0.251 e. The molecule has 3 aromatic rings. The molecule has 0 spiro atoms. The molecule has 2 aromatic carbocycles. The molecule has 202 valence electrons. The van der Waals surface area contributed by atoms with E-state index in [0.717, 1.165) is 86.6 Å². The van der Waals surface area contributed by atoms with Crippen molar-refractivity contribution in [3.63, 3.8) is 0 Å². The molecule has 1 unspecified atom stereocenters. The van der Waals surface area contributed by atoms with Crippen LogP contribution in [0.15, 0.2) is 42.5 Å². The first-order valence-corrected chi connectivity index (χ1v) is 14.1. The van der Waals surface area contributed by atoms with Crippen LogP contribution >= 0.6 is 0 Å². The number of morpholine rings is 1. The number of benzene rings is 2. The SMILES string of the molecule is CN1CCC(Oc2ccc(-c3n[nH]c4ccc(C(=O)NCC5(N6CCOCC6)CCCCC5)cc34)cc2)C1. The van der Waals surface area contributed by atoms with Gasteiger partial charge in [-0.2, -0.15) is 5.10 Å². The Labute approximate surface area is 224 Å². The van der Waals surface area contributed by atoms with Gasteiger partial charge in [-0.25, -0.2) is 0 Å². The summed E-state index contributed by atoms with van der Waals surface area (Å²) in [4.78, 5) is 18.2. The van der Waals surface area contributed by atoms with Gasteiger partial charge < -0.3 is 19.7 Å². The van der Waals surface area contributed by atoms with E-state index in [0.29, 0.717) is 12.1 Å². The van der Waals surface area contributed by atoms with Crippen LogP contribution in [0.25, 0.3) is 22.2 Å². The van der Waals surface area contributed by atoms with Gasteiger partial charge in [0.2, 0.25) is 0 Å². The maximum atomic E-state index is 13.4. The predicted molar refractivity (Wildman–Crippen MR) is 149 cm³/mol. The molecule has 2 N–H and O–H groups in total. The molecule has 0 radical (unpaired) electrons. The number of rotatable bonds is 7. The topological polar surface area (TPSA) is 82.7 Å². The number of carbonyl (C=O) groups is 1. The highest BCUT2D eigenvalue weighted by Crippen LogP contribution is 2.34. The molecule has 8 heteroatoms. The Morgan fingerprint density at radius 1 is 1.11 bits per heavy atom. The molecular weight excluding hydrogens is 478 g/mol. The normalized spacial score (nSPS) is 22.5. The maximum Gasteiger partial charge on any atom is 0.251 e. The molecule has 6 rings (SSSR count). The highest BCUT2D eigenvalue weighted by molar-refractivity contribution is 6.01. The van der Waals surface area contributed by atoms with Crippen molar-refractivity contribution in [1.29, 1.82) is 0 Å². The molecule has 2 aliphatic heterocycles. The molecule has 1 atom stereocenters. The van der Waals surface area contributed by atoms with E-state index in [4.69, 9.17) is 9.47 Å². The van der Waals surface area contributed by atoms with Crippen molar-refractivity contribution in [2.24, 2.45) is 0 Å². The average molecular weight is 518 g/mol. The Bertz CT molecular complexity index is 1240. The summed E-state index contributed by atoms with van der Waals surface area (Å²) in [6, 6.07) is 13.9. The highest BCUT2D eigenvalue weighted by atomic mass is 16.5. The van der Waals surface area contributed by atoms with Crippen LogP contribution in [-0.4, -0.2) is 90.5 Å². The summed E-state index contributed by atoms with van der Waals surface area (Å²) in [6.45, 7) is 6.17. The van der Waals surface area contributed by atoms with Crippen LogP contribution in [0.5, 0.6) is 5.75 Å². The maximum absolute atomic E-state index is 13.4. The van der Waals surface area contributed by atoms with Crippen molar-refractivity contribution in [2.75, 3.05) is 53.0 Å². The summed E-state index contributed by atoms with van der Waals surface area (Å²) in [6.07, 6.45) is 7.29. The van der Waals surface area contributed by atoms with E-state index >= 15 is 0 Å². The first-order valence-electron chi connectivity index (χ1n) is 14.1. The Balaban J connectivity index is 1.16. The number of likely N-dealkylation sites (N-methyl/N-ethyl adjacent to an activating group) is 1. The molecule has 1 aromatic heterocycles. The number of amides is 1. The largest absolute Gasteiger partial charge is 0.489 e. The molecule has 8 nitrogen and oxygen atoms in total. The van der Waals surface area contributed by atoms with Crippen LogP contribution in [0.3, 0.4) is 0 Å². The minimum Gasteiger partial charge on any atom is -0.489 e. The van der Waals surface area contributed by atoms with Gasteiger partial charge in [-0.15, -0.1) is 0 Å². The summed E-state index contributed by atoms with van der Waals surface area (Å²) in [5.41, 5.74) is 3.47. The van der Waals surface area contributed by atoms with Crippen molar-refractivity contribution < 1.29 is 14.3 Å². The summed E-state index contributed by atoms with van der Waals surface area (Å²) >= 11 is 0. The number of H-pyrrole nitrogens is 1. The fraction of sp³-hybridized carbons (Fsp3) is 0.533. The van der Waals surface area contributed by atoms with Gasteiger partial charge in [0.1, 0.15) is 11.9 Å². The van der Waals surface area contributed by atoms with Crippen LogP contribution in [0.4, 0.5) is 0 Å². The molecule has 3 aliphatic rings. The van der Waals surface area contributed by atoms with Crippen molar-refractivity contribution in [1.82, 2.24) is 25.3 Å². The molecule has 3 heterocycles. The zero-order valence-electron chi connectivity index (χ0n) is 22.4. The quantitative estimate of drug-likeness (QED) is 0.492. The Morgan fingerprint density at radius 3 is 2.63 bits per heavy atom. The molecule has 2 saturated heterocycles. The van der Waals surface area contributed by atoms with E-state index in [1.54, 1.807) is 0 Å². The van der Waals surface area contributed by atoms with Gasteiger partial charge in [-0.1, -0.05) is 19.3 Å². The monoisotopic (exact) mass is 517 g/mol. The van der Waals surface area contributed by atoms with Crippen LogP contribution in [0.1, 0.15) is 48.9 Å². The minimum absolute atomic E-state index is 0.0254. The Hall–Kier alpha value is -2.94. The zero-order valence-corrected chi connectivity index (χ0v) is 22.4. The molecular formula is C30H39N5O3. The van der Waals surface area contributed by atoms with Crippen LogP contribution in [0.2, 0.25) is 0 Å². The van der Waals surface area contributed by atoms with Crippen LogP contribution < -0.4 is 10.1 Å². The lowest BCUT2D eigenvalue weighted by atomic mass is 9.79. The number of carbonyl (C=O) groups excluding carboxylic acids is 1. The molecule has 1 aliphatic carbocycles. The number of aromatic nitrogens is 2. The standard InChI is InChI=1S/C30H39N5O3/c1-34-14-11-25(20-34)38-24-8-5-22(6-9-24)28-26-19-23(7-10-27(26)32-33-28)29(36)31-21-30(12-3-2-4-13-30)35-15-17-37-18-16-35/h5-10,19,25H,2-4,11-18,20-21H2,1H3,(H,31,36)(H,32,33). The van der Waals surface area contributed by atoms with E-state index in [2.05, 4.69) is 32.4 Å². The second kappa shape index (κ2) is 11.0. The van der Waals surface area contributed by atoms with Gasteiger partial charge in [0.15, 0.2) is 0 Å². The number of ether oxygens (including phenoxy) is 2. The second-order valence-electron chi connectivity index (χ2n) is 11.2. The van der Waals surface area contributed by atoms with Crippen LogP contribution in [0, 0.1) is 0 Å². The highest BCUT2D eigenvalue weighted by Gasteiger charge is 2.38. The third-order valence-corrected chi connectivity index (χ3v) is 8.65. The number of hydrogen-bond acceptors (Lipinski definition) is 6. The summed E-state index contributed by atoms with van der Waals surface area (Å²) in [5, 5.41) is 11.9. The molecule has 3 fully saturated rings. The molecule has 38 heavy (non-hydrogen) atoms. The number of nitrogens with one attached hydrogen (secondary N) is 2. The Kier molecular flexibility index (Phi) is 7.37. The zero-order chi connectivity index (χ0) is 26.0. The van der Waals surface area contributed by atoms with Crippen molar-refractivity contribution >= 4 is 16.8 Å². The summed E-state index contributed by atoms with van der Waals surface area (Å²) in [7, 11) is 2.13. The first-order chi connectivity index (χ1) is 18.6. The molecule has 1 saturated carbocycles. The second-order valence-corrected chi connectivity index (χ2v) is 11.2. The van der Waals surface area contributed by atoms with Gasteiger partial charge in [0.05, 0.1) is 24.4 Å². The Morgan fingerprint density at radius 2 is 1.89 bits per heavy atom. The summed E-state index contributed by atoms with van der Waals surface area (Å²) in [5.74, 6) is 0.855. The molecule has 0 bridgehead atoms. The van der Waals surface area contributed by atoms with Gasteiger partial charge in [0.25, 0.3) is 5.91 Å². The third-order valence-electron chi connectivity index (χ3n) is 8.65. The first kappa shape index (κ1) is 25.3. The molecule has 1 amide bonds. The number of nitrogens with zero attached hydrogens (tertiary/aromatic N) is 3. The van der Waals surface area contributed by atoms with Crippen molar-refractivity contribution in [3.05, 3.63) is 48.0 Å². The minimum atomic E-state index is -0.0254. The fourth-order valence-corrected chi connectivity index (χ4v) is 6.45. The van der Waals surface area contributed by atoms with Crippen molar-refractivity contribution in [3.8, 4) is 17.0 Å². The van der Waals surface area contributed by atoms with Gasteiger partial charge in [-0.3, -0.25) is 14.8 Å². The van der Waals surface area contributed by atoms with Crippen molar-refractivity contribution in [2.45, 2.75) is 50.2 Å². The number of fused-ring (bicyclic) bond motifs is 1. The van der Waals surface area contributed by atoms with Gasteiger partial charge in [-0.05, 0) is 68.8 Å². The van der Waals surface area contributed by atoms with E-state index < -0.39 is 0 Å². The lowest BCUT2D eigenvalue weighted by Crippen LogP contribution is -2.59. The lowest BCUT2D eigenvalue weighted by molar-refractivity contribution is -0.0361. The fourth-order valence-electron chi connectivity index (χ4n) is 6.45. The lowest BCUT2D eigenvalue weighted by Gasteiger charge is -2.48. The summed E-state index contributed by atoms with van der Waals surface area (Å²) < 4.78 is 11.8. The van der Waals surface area contributed by atoms with E-state index in [9.17, 15) is 4.79 Å². The van der Waals surface area contributed by atoms with E-state index in [1.165, 1.54) is 19.3 Å². The van der Waals surface area contributed by atoms with Gasteiger partial charge >= 0.3 is 0 Å². The third kappa shape index (κ3) is 5.30. The predicted octanol–water partition coefficient (Wildman–Crippen LogP) is 4.08. The average Bonchev–Trinajstić information content (AvgIpc) is 3.58. The number of likely N-dealkylation sites (tertiary alicyclic amines) is 1. The number of hydrogen-bond donors (Lipinski definition) is 2. The van der Waals surface area contributed by atoms with Crippen LogP contribution in [-0.2, 0) is 4.74 Å².